The maximum atomic E-state index is 9.73. The summed E-state index contributed by atoms with van der Waals surface area (Å²) in [5.41, 5.74) is 0.163. The normalized spacial score (nSPS) is 18.6. The number of phenols is 2. The van der Waals surface area contributed by atoms with Gasteiger partial charge in [-0.3, -0.25) is 0 Å². The van der Waals surface area contributed by atoms with E-state index in [1.807, 2.05) is 0 Å². The molecule has 1 saturated carbocycles. The van der Waals surface area contributed by atoms with Crippen LogP contribution in [-0.2, 0) is 5.60 Å². The Kier molecular flexibility index (Phi) is 1.54. The van der Waals surface area contributed by atoms with Gasteiger partial charge < -0.3 is 15.3 Å². The van der Waals surface area contributed by atoms with Crippen molar-refractivity contribution < 1.29 is 15.3 Å². The molecule has 1 aromatic carbocycles. The van der Waals surface area contributed by atoms with Crippen LogP contribution >= 0.6 is 0 Å². The SMILES string of the molecule is Cc1cc(O)c(C2(O)CC2)cc1O. The van der Waals surface area contributed by atoms with E-state index in [0.29, 0.717) is 24.0 Å². The highest BCUT2D eigenvalue weighted by Gasteiger charge is 2.44. The first-order valence-electron chi connectivity index (χ1n) is 4.28. The van der Waals surface area contributed by atoms with E-state index in [9.17, 15) is 15.3 Å². The van der Waals surface area contributed by atoms with Crippen LogP contribution in [0.2, 0.25) is 0 Å². The molecule has 1 fully saturated rings. The van der Waals surface area contributed by atoms with Gasteiger partial charge in [-0.1, -0.05) is 0 Å². The molecule has 0 bridgehead atoms. The van der Waals surface area contributed by atoms with Crippen LogP contribution < -0.4 is 0 Å². The van der Waals surface area contributed by atoms with Crippen molar-refractivity contribution in [2.75, 3.05) is 0 Å². The monoisotopic (exact) mass is 180 g/mol. The summed E-state index contributed by atoms with van der Waals surface area (Å²) in [4.78, 5) is 0. The topological polar surface area (TPSA) is 60.7 Å². The molecule has 0 unspecified atom stereocenters. The number of hydrogen-bond acceptors (Lipinski definition) is 3. The Bertz CT molecular complexity index is 353. The Hall–Kier alpha value is -1.22. The minimum Gasteiger partial charge on any atom is -0.508 e. The highest BCUT2D eigenvalue weighted by Crippen LogP contribution is 2.49. The quantitative estimate of drug-likeness (QED) is 0.572. The van der Waals surface area contributed by atoms with Gasteiger partial charge in [0.1, 0.15) is 11.5 Å². The maximum Gasteiger partial charge on any atom is 0.122 e. The fourth-order valence-corrected chi connectivity index (χ4v) is 1.44. The van der Waals surface area contributed by atoms with Crippen LogP contribution in [-0.4, -0.2) is 15.3 Å². The van der Waals surface area contributed by atoms with Gasteiger partial charge in [-0.05, 0) is 37.5 Å². The standard InChI is InChI=1S/C10H12O3/c1-6-4-9(12)7(5-8(6)11)10(13)2-3-10/h4-5,11-13H,2-3H2,1H3. The molecule has 0 aliphatic heterocycles. The smallest absolute Gasteiger partial charge is 0.122 e. The summed E-state index contributed by atoms with van der Waals surface area (Å²) in [6.45, 7) is 1.70. The third-order valence-electron chi connectivity index (χ3n) is 2.54. The second-order valence-corrected chi connectivity index (χ2v) is 3.69. The summed E-state index contributed by atoms with van der Waals surface area (Å²) >= 11 is 0. The number of benzene rings is 1. The predicted molar refractivity (Wildman–Crippen MR) is 47.6 cm³/mol. The van der Waals surface area contributed by atoms with Crippen molar-refractivity contribution >= 4 is 0 Å². The van der Waals surface area contributed by atoms with Gasteiger partial charge in [0.05, 0.1) is 5.60 Å². The lowest BCUT2D eigenvalue weighted by Gasteiger charge is -2.11. The average Bonchev–Trinajstić information content (AvgIpc) is 2.77. The third-order valence-corrected chi connectivity index (χ3v) is 2.54. The van der Waals surface area contributed by atoms with E-state index in [1.54, 1.807) is 6.92 Å². The lowest BCUT2D eigenvalue weighted by atomic mass is 10.0. The van der Waals surface area contributed by atoms with Crippen molar-refractivity contribution in [2.45, 2.75) is 25.4 Å². The van der Waals surface area contributed by atoms with E-state index in [-0.39, 0.29) is 11.5 Å². The number of rotatable bonds is 1. The molecule has 3 nitrogen and oxygen atoms in total. The van der Waals surface area contributed by atoms with Gasteiger partial charge in [-0.15, -0.1) is 0 Å². The maximum absolute atomic E-state index is 9.73. The molecule has 3 N–H and O–H groups in total. The summed E-state index contributed by atoms with van der Waals surface area (Å²) in [6, 6.07) is 2.92. The fourth-order valence-electron chi connectivity index (χ4n) is 1.44. The largest absolute Gasteiger partial charge is 0.508 e. The van der Waals surface area contributed by atoms with E-state index in [2.05, 4.69) is 0 Å². The second-order valence-electron chi connectivity index (χ2n) is 3.69. The summed E-state index contributed by atoms with van der Waals surface area (Å²) in [7, 11) is 0. The molecular weight excluding hydrogens is 168 g/mol. The molecule has 1 aromatic rings. The van der Waals surface area contributed by atoms with Gasteiger partial charge in [-0.25, -0.2) is 0 Å². The van der Waals surface area contributed by atoms with Crippen LogP contribution in [0.5, 0.6) is 11.5 Å². The minimum absolute atomic E-state index is 0.0651. The highest BCUT2D eigenvalue weighted by molar-refractivity contribution is 5.48. The average molecular weight is 180 g/mol. The lowest BCUT2D eigenvalue weighted by molar-refractivity contribution is 0.147. The van der Waals surface area contributed by atoms with Crippen LogP contribution in [0.4, 0.5) is 0 Å². The Morgan fingerprint density at radius 3 is 2.31 bits per heavy atom. The van der Waals surface area contributed by atoms with Crippen LogP contribution in [0.1, 0.15) is 24.0 Å². The van der Waals surface area contributed by atoms with Crippen molar-refractivity contribution in [3.8, 4) is 11.5 Å². The molecule has 0 aromatic heterocycles. The van der Waals surface area contributed by atoms with Gasteiger partial charge in [0.25, 0.3) is 0 Å². The van der Waals surface area contributed by atoms with E-state index >= 15 is 0 Å². The lowest BCUT2D eigenvalue weighted by Crippen LogP contribution is -2.04. The van der Waals surface area contributed by atoms with Crippen molar-refractivity contribution in [2.24, 2.45) is 0 Å². The third kappa shape index (κ3) is 1.25. The Balaban J connectivity index is 2.52. The molecular formula is C10H12O3. The van der Waals surface area contributed by atoms with Crippen LogP contribution in [0.15, 0.2) is 12.1 Å². The summed E-state index contributed by atoms with van der Waals surface area (Å²) in [5.74, 6) is 0.184. The Morgan fingerprint density at radius 1 is 1.15 bits per heavy atom. The van der Waals surface area contributed by atoms with Crippen molar-refractivity contribution in [3.05, 3.63) is 23.3 Å². The van der Waals surface area contributed by atoms with E-state index in [0.717, 1.165) is 0 Å². The molecule has 3 heteroatoms. The van der Waals surface area contributed by atoms with Crippen LogP contribution in [0.3, 0.4) is 0 Å². The zero-order valence-electron chi connectivity index (χ0n) is 7.41. The minimum atomic E-state index is -0.894. The number of hydrogen-bond donors (Lipinski definition) is 3. The second kappa shape index (κ2) is 2.39. The summed E-state index contributed by atoms with van der Waals surface area (Å²) in [5, 5.41) is 28.6. The highest BCUT2D eigenvalue weighted by atomic mass is 16.3. The van der Waals surface area contributed by atoms with Gasteiger partial charge in [0.15, 0.2) is 0 Å². The van der Waals surface area contributed by atoms with Crippen LogP contribution in [0.25, 0.3) is 0 Å². The Morgan fingerprint density at radius 2 is 1.77 bits per heavy atom. The molecule has 0 spiro atoms. The van der Waals surface area contributed by atoms with E-state index in [1.165, 1.54) is 12.1 Å². The molecule has 13 heavy (non-hydrogen) atoms. The van der Waals surface area contributed by atoms with Crippen molar-refractivity contribution in [1.82, 2.24) is 0 Å². The van der Waals surface area contributed by atoms with Gasteiger partial charge in [-0.2, -0.15) is 0 Å². The summed E-state index contributed by atoms with van der Waals surface area (Å²) in [6.07, 6.45) is 1.31. The van der Waals surface area contributed by atoms with Gasteiger partial charge in [0, 0.05) is 5.56 Å². The van der Waals surface area contributed by atoms with Crippen LogP contribution in [0, 0.1) is 6.92 Å². The zero-order valence-corrected chi connectivity index (χ0v) is 7.41. The first-order valence-corrected chi connectivity index (χ1v) is 4.28. The van der Waals surface area contributed by atoms with Crippen molar-refractivity contribution in [1.29, 1.82) is 0 Å². The fraction of sp³-hybridized carbons (Fsp3) is 0.400. The molecule has 0 heterocycles. The van der Waals surface area contributed by atoms with E-state index in [4.69, 9.17) is 0 Å². The number of aromatic hydroxyl groups is 2. The molecule has 2 rings (SSSR count). The predicted octanol–water partition coefficient (Wildman–Crippen LogP) is 1.39. The molecule has 1 aliphatic carbocycles. The number of aliphatic hydroxyl groups is 1. The van der Waals surface area contributed by atoms with Gasteiger partial charge in [0.2, 0.25) is 0 Å². The Labute approximate surface area is 76.3 Å². The van der Waals surface area contributed by atoms with E-state index < -0.39 is 5.60 Å². The first kappa shape index (κ1) is 8.38. The summed E-state index contributed by atoms with van der Waals surface area (Å²) < 4.78 is 0. The molecule has 70 valence electrons. The zero-order chi connectivity index (χ0) is 9.64. The number of phenolic OH excluding ortho intramolecular Hbond substituents is 2. The molecule has 0 amide bonds. The molecule has 0 radical (unpaired) electrons. The first-order chi connectivity index (χ1) is 6.03. The van der Waals surface area contributed by atoms with Crippen molar-refractivity contribution in [3.63, 3.8) is 0 Å². The van der Waals surface area contributed by atoms with Gasteiger partial charge >= 0.3 is 0 Å². The number of aryl methyl sites for hydroxylation is 1. The molecule has 0 saturated heterocycles. The molecule has 0 atom stereocenters. The molecule has 1 aliphatic rings.